The van der Waals surface area contributed by atoms with Gasteiger partial charge in [-0.3, -0.25) is 0 Å². The lowest BCUT2D eigenvalue weighted by Gasteiger charge is -1.92. The van der Waals surface area contributed by atoms with Crippen LogP contribution in [0.4, 0.5) is 5.95 Å². The first kappa shape index (κ1) is 8.74. The van der Waals surface area contributed by atoms with Gasteiger partial charge >= 0.3 is 0 Å². The molecule has 0 aliphatic rings. The molecule has 0 bridgehead atoms. The van der Waals surface area contributed by atoms with E-state index in [0.717, 1.165) is 11.2 Å². The Morgan fingerprint density at radius 2 is 2.43 bits per heavy atom. The van der Waals surface area contributed by atoms with Crippen molar-refractivity contribution in [3.8, 4) is 0 Å². The van der Waals surface area contributed by atoms with Crippen LogP contribution >= 0.6 is 0 Å². The van der Waals surface area contributed by atoms with Crippen molar-refractivity contribution >= 4 is 11.6 Å². The minimum atomic E-state index is 0.635. The third-order valence-corrected chi connectivity index (χ3v) is 1.88. The van der Waals surface area contributed by atoms with Gasteiger partial charge in [-0.25, -0.2) is 4.52 Å². The molecule has 2 aromatic heterocycles. The molecule has 1 N–H and O–H groups in total. The van der Waals surface area contributed by atoms with E-state index in [1.807, 2.05) is 25.3 Å². The Bertz CT molecular complexity index is 458. The molecule has 0 saturated heterocycles. The van der Waals surface area contributed by atoms with Crippen LogP contribution in [0.2, 0.25) is 0 Å². The average Bonchev–Trinajstić information content (AvgIpc) is 2.56. The van der Waals surface area contributed by atoms with E-state index in [9.17, 15) is 0 Å². The predicted molar refractivity (Wildman–Crippen MR) is 56.4 cm³/mol. The van der Waals surface area contributed by atoms with Crippen LogP contribution in [0.15, 0.2) is 31.0 Å². The van der Waals surface area contributed by atoms with Gasteiger partial charge in [0.05, 0.1) is 0 Å². The summed E-state index contributed by atoms with van der Waals surface area (Å²) >= 11 is 0. The van der Waals surface area contributed by atoms with Gasteiger partial charge in [0.25, 0.3) is 0 Å². The maximum Gasteiger partial charge on any atom is 0.243 e. The summed E-state index contributed by atoms with van der Waals surface area (Å²) in [7, 11) is 0. The van der Waals surface area contributed by atoms with Gasteiger partial charge in [-0.05, 0) is 18.6 Å². The zero-order valence-corrected chi connectivity index (χ0v) is 8.07. The van der Waals surface area contributed by atoms with E-state index in [4.69, 9.17) is 0 Å². The standard InChI is InChI=1S/C10H12N4/c1-3-6-11-10-12-9-5-4-8(2)7-14(9)13-10/h3-5,7H,1,6H2,2H3,(H,11,13). The van der Waals surface area contributed by atoms with Gasteiger partial charge in [0.2, 0.25) is 5.95 Å². The number of pyridine rings is 1. The monoisotopic (exact) mass is 188 g/mol. The van der Waals surface area contributed by atoms with Crippen molar-refractivity contribution in [3.05, 3.63) is 36.5 Å². The summed E-state index contributed by atoms with van der Waals surface area (Å²) in [5, 5.41) is 7.30. The van der Waals surface area contributed by atoms with E-state index in [1.165, 1.54) is 0 Å². The van der Waals surface area contributed by atoms with Crippen LogP contribution in [0.5, 0.6) is 0 Å². The largest absolute Gasteiger partial charge is 0.349 e. The van der Waals surface area contributed by atoms with Crippen molar-refractivity contribution in [2.45, 2.75) is 6.92 Å². The first-order valence-corrected chi connectivity index (χ1v) is 4.47. The Kier molecular flexibility index (Phi) is 2.18. The van der Waals surface area contributed by atoms with Crippen molar-refractivity contribution in [3.63, 3.8) is 0 Å². The topological polar surface area (TPSA) is 42.2 Å². The van der Waals surface area contributed by atoms with Crippen LogP contribution in [0.25, 0.3) is 5.65 Å². The maximum atomic E-state index is 4.28. The Labute approximate surface area is 82.3 Å². The normalized spacial score (nSPS) is 10.4. The SMILES string of the molecule is C=CCNc1nc2ccc(C)cn2n1. The predicted octanol–water partition coefficient (Wildman–Crippen LogP) is 1.64. The molecule has 0 saturated carbocycles. The fraction of sp³-hybridized carbons (Fsp3) is 0.200. The van der Waals surface area contributed by atoms with Gasteiger partial charge in [0.1, 0.15) is 0 Å². The van der Waals surface area contributed by atoms with Gasteiger partial charge in [-0.15, -0.1) is 11.7 Å². The summed E-state index contributed by atoms with van der Waals surface area (Å²) in [4.78, 5) is 4.28. The Balaban J connectivity index is 2.36. The van der Waals surface area contributed by atoms with Gasteiger partial charge in [0.15, 0.2) is 5.65 Å². The van der Waals surface area contributed by atoms with Crippen LogP contribution in [0, 0.1) is 6.92 Å². The molecule has 0 radical (unpaired) electrons. The highest BCUT2D eigenvalue weighted by Gasteiger charge is 2.00. The number of fused-ring (bicyclic) bond motifs is 1. The number of rotatable bonds is 3. The van der Waals surface area contributed by atoms with E-state index in [0.29, 0.717) is 12.5 Å². The highest BCUT2D eigenvalue weighted by atomic mass is 15.3. The quantitative estimate of drug-likeness (QED) is 0.744. The van der Waals surface area contributed by atoms with E-state index in [1.54, 1.807) is 10.6 Å². The molecule has 72 valence electrons. The van der Waals surface area contributed by atoms with Crippen LogP contribution in [-0.2, 0) is 0 Å². The highest BCUT2D eigenvalue weighted by Crippen LogP contribution is 2.06. The first-order valence-electron chi connectivity index (χ1n) is 4.47. The average molecular weight is 188 g/mol. The zero-order valence-electron chi connectivity index (χ0n) is 8.07. The molecule has 4 heteroatoms. The van der Waals surface area contributed by atoms with E-state index >= 15 is 0 Å². The lowest BCUT2D eigenvalue weighted by Crippen LogP contribution is -1.99. The third-order valence-electron chi connectivity index (χ3n) is 1.88. The van der Waals surface area contributed by atoms with Crippen molar-refractivity contribution in [2.24, 2.45) is 0 Å². The Morgan fingerprint density at radius 3 is 3.21 bits per heavy atom. The fourth-order valence-corrected chi connectivity index (χ4v) is 1.22. The molecule has 0 amide bonds. The van der Waals surface area contributed by atoms with E-state index < -0.39 is 0 Å². The molecule has 0 unspecified atom stereocenters. The molecule has 0 spiro atoms. The molecule has 4 nitrogen and oxygen atoms in total. The van der Waals surface area contributed by atoms with Gasteiger partial charge < -0.3 is 5.32 Å². The van der Waals surface area contributed by atoms with Gasteiger partial charge in [-0.2, -0.15) is 4.98 Å². The number of aryl methyl sites for hydroxylation is 1. The molecule has 0 aromatic carbocycles. The van der Waals surface area contributed by atoms with Crippen molar-refractivity contribution < 1.29 is 0 Å². The molecule has 14 heavy (non-hydrogen) atoms. The third kappa shape index (κ3) is 1.59. The molecular weight excluding hydrogens is 176 g/mol. The smallest absolute Gasteiger partial charge is 0.243 e. The molecule has 0 aliphatic carbocycles. The fourth-order valence-electron chi connectivity index (χ4n) is 1.22. The van der Waals surface area contributed by atoms with Crippen LogP contribution < -0.4 is 5.32 Å². The second-order valence-corrected chi connectivity index (χ2v) is 3.11. The second-order valence-electron chi connectivity index (χ2n) is 3.11. The first-order chi connectivity index (χ1) is 6.79. The van der Waals surface area contributed by atoms with Crippen LogP contribution in [-0.4, -0.2) is 21.1 Å². The summed E-state index contributed by atoms with van der Waals surface area (Å²) in [6.07, 6.45) is 3.72. The molecule has 0 atom stereocenters. The summed E-state index contributed by atoms with van der Waals surface area (Å²) in [5.74, 6) is 0.635. The maximum absolute atomic E-state index is 4.28. The van der Waals surface area contributed by atoms with Crippen molar-refractivity contribution in [1.82, 2.24) is 14.6 Å². The van der Waals surface area contributed by atoms with E-state index in [2.05, 4.69) is 22.0 Å². The number of nitrogens with one attached hydrogen (secondary N) is 1. The van der Waals surface area contributed by atoms with Crippen molar-refractivity contribution in [1.29, 1.82) is 0 Å². The molecule has 2 rings (SSSR count). The minimum Gasteiger partial charge on any atom is -0.349 e. The lowest BCUT2D eigenvalue weighted by molar-refractivity contribution is 0.950. The van der Waals surface area contributed by atoms with Crippen LogP contribution in [0.1, 0.15) is 5.56 Å². The lowest BCUT2D eigenvalue weighted by atomic mass is 10.3. The molecule has 2 heterocycles. The number of anilines is 1. The summed E-state index contributed by atoms with van der Waals surface area (Å²) in [5.41, 5.74) is 2.01. The minimum absolute atomic E-state index is 0.635. The molecule has 0 aliphatic heterocycles. The Morgan fingerprint density at radius 1 is 1.57 bits per heavy atom. The molecular formula is C10H12N4. The van der Waals surface area contributed by atoms with Crippen LogP contribution in [0.3, 0.4) is 0 Å². The van der Waals surface area contributed by atoms with Crippen molar-refractivity contribution in [2.75, 3.05) is 11.9 Å². The zero-order chi connectivity index (χ0) is 9.97. The molecule has 0 fully saturated rings. The van der Waals surface area contributed by atoms with E-state index in [-0.39, 0.29) is 0 Å². The summed E-state index contributed by atoms with van der Waals surface area (Å²) in [6.45, 7) is 6.32. The number of hydrogen-bond acceptors (Lipinski definition) is 3. The highest BCUT2D eigenvalue weighted by molar-refractivity contribution is 5.44. The summed E-state index contributed by atoms with van der Waals surface area (Å²) < 4.78 is 1.76. The second kappa shape index (κ2) is 3.49. The number of aromatic nitrogens is 3. The molecule has 2 aromatic rings. The van der Waals surface area contributed by atoms with Gasteiger partial charge in [-0.1, -0.05) is 12.1 Å². The van der Waals surface area contributed by atoms with Gasteiger partial charge in [0, 0.05) is 12.7 Å². The summed E-state index contributed by atoms with van der Waals surface area (Å²) in [6, 6.07) is 3.96. The Hall–Kier alpha value is -1.84. The number of nitrogens with zero attached hydrogens (tertiary/aromatic N) is 3. The number of hydrogen-bond donors (Lipinski definition) is 1.